The minimum absolute atomic E-state index is 0.759. The number of alkyl halides is 2. The molecule has 2 N–H and O–H groups in total. The smallest absolute Gasteiger partial charge is 0.321 e. The average molecular weight is 217 g/mol. The van der Waals surface area contributed by atoms with Crippen molar-refractivity contribution in [3.63, 3.8) is 0 Å². The average Bonchev–Trinajstić information content (AvgIpc) is 1.88. The van der Waals surface area contributed by atoms with E-state index in [9.17, 15) is 9.59 Å². The largest absolute Gasteiger partial charge is 0.480 e. The summed E-state index contributed by atoms with van der Waals surface area (Å²) in [4.78, 5) is 19.1. The van der Waals surface area contributed by atoms with Gasteiger partial charge in [-0.3, -0.25) is 9.59 Å². The van der Waals surface area contributed by atoms with Crippen LogP contribution < -0.4 is 0 Å². The van der Waals surface area contributed by atoms with Crippen molar-refractivity contribution in [3.8, 4) is 0 Å². The van der Waals surface area contributed by atoms with Crippen LogP contribution in [0.2, 0.25) is 0 Å². The Morgan fingerprint density at radius 1 is 1.00 bits per heavy atom. The van der Waals surface area contributed by atoms with Crippen molar-refractivity contribution in [1.82, 2.24) is 0 Å². The summed E-state index contributed by atoms with van der Waals surface area (Å²) in [6, 6.07) is 0. The number of rotatable bonds is 2. The van der Waals surface area contributed by atoms with Crippen LogP contribution in [0.4, 0.5) is 0 Å². The second-order valence-electron chi connectivity index (χ2n) is 1.91. The molecule has 0 unspecified atom stereocenters. The van der Waals surface area contributed by atoms with Crippen LogP contribution in [-0.4, -0.2) is 32.9 Å². The van der Waals surface area contributed by atoms with Gasteiger partial charge in [-0.2, -0.15) is 0 Å². The lowest BCUT2D eigenvalue weighted by Crippen LogP contribution is -2.06. The highest BCUT2D eigenvalue weighted by Gasteiger charge is 2.02. The summed E-state index contributed by atoms with van der Waals surface area (Å²) in [5.74, 6) is -1.95. The third-order valence-electron chi connectivity index (χ3n) is 0.681. The van der Waals surface area contributed by atoms with Gasteiger partial charge < -0.3 is 10.2 Å². The van der Waals surface area contributed by atoms with Crippen LogP contribution in [0, 0.1) is 0 Å². The zero-order valence-electron chi connectivity index (χ0n) is 6.62. The topological polar surface area (TPSA) is 74.6 Å². The quantitative estimate of drug-likeness (QED) is 0.685. The van der Waals surface area contributed by atoms with E-state index in [0.717, 1.165) is 0 Å². The van der Waals surface area contributed by atoms with Crippen LogP contribution in [0.3, 0.4) is 0 Å². The second kappa shape index (κ2) is 7.18. The summed E-state index contributed by atoms with van der Waals surface area (Å²) in [5.41, 5.74) is 0. The van der Waals surface area contributed by atoms with Crippen molar-refractivity contribution in [3.05, 3.63) is 0 Å². The molecule has 0 saturated heterocycles. The van der Waals surface area contributed by atoms with Crippen molar-refractivity contribution in [1.29, 1.82) is 0 Å². The molecule has 0 heterocycles. The molecule has 0 radical (unpaired) electrons. The molecule has 2 atom stereocenters. The summed E-state index contributed by atoms with van der Waals surface area (Å²) in [6.45, 7) is 2.81. The summed E-state index contributed by atoms with van der Waals surface area (Å²) < 4.78 is 0. The lowest BCUT2D eigenvalue weighted by Gasteiger charge is -1.86. The Balaban J connectivity index is 0. The van der Waals surface area contributed by atoms with E-state index >= 15 is 0 Å². The predicted octanol–water partition coefficient (Wildman–Crippen LogP) is 1.40. The molecular weight excluding hydrogens is 207 g/mol. The summed E-state index contributed by atoms with van der Waals surface area (Å²) in [7, 11) is 0. The fourth-order valence-electron chi connectivity index (χ4n) is 0. The first-order valence-electron chi connectivity index (χ1n) is 3.02. The fourth-order valence-corrected chi connectivity index (χ4v) is 0. The molecule has 0 bridgehead atoms. The van der Waals surface area contributed by atoms with Crippen LogP contribution in [0.1, 0.15) is 13.8 Å². The van der Waals surface area contributed by atoms with Crippen molar-refractivity contribution < 1.29 is 19.8 Å². The molecule has 72 valence electrons. The minimum Gasteiger partial charge on any atom is -0.480 e. The van der Waals surface area contributed by atoms with Crippen molar-refractivity contribution >= 4 is 35.1 Å². The Morgan fingerprint density at radius 3 is 1.08 bits per heavy atom. The van der Waals surface area contributed by atoms with Gasteiger partial charge in [0.05, 0.1) is 0 Å². The lowest BCUT2D eigenvalue weighted by molar-refractivity contribution is -0.137. The maximum Gasteiger partial charge on any atom is 0.321 e. The summed E-state index contributed by atoms with van der Waals surface area (Å²) in [5, 5.41) is 14.2. The van der Waals surface area contributed by atoms with E-state index in [-0.39, 0.29) is 0 Å². The monoisotopic (exact) mass is 216 g/mol. The van der Waals surface area contributed by atoms with E-state index in [1.54, 1.807) is 0 Å². The predicted molar refractivity (Wildman–Crippen MR) is 45.9 cm³/mol. The first kappa shape index (κ1) is 14.1. The molecular formula is C6H10Cl2O4. The zero-order valence-corrected chi connectivity index (χ0v) is 8.13. The molecule has 0 aliphatic heterocycles. The Morgan fingerprint density at radius 2 is 1.08 bits per heavy atom. The molecule has 0 aliphatic carbocycles. The first-order valence-corrected chi connectivity index (χ1v) is 3.90. The summed E-state index contributed by atoms with van der Waals surface area (Å²) >= 11 is 10.0. The molecule has 0 aromatic heterocycles. The van der Waals surface area contributed by atoms with E-state index in [0.29, 0.717) is 0 Å². The van der Waals surface area contributed by atoms with E-state index in [1.165, 1.54) is 13.8 Å². The Kier molecular flexibility index (Phi) is 8.42. The van der Waals surface area contributed by atoms with Gasteiger partial charge in [0.2, 0.25) is 0 Å². The number of carbonyl (C=O) groups is 2. The lowest BCUT2D eigenvalue weighted by atomic mass is 10.5. The van der Waals surface area contributed by atoms with Gasteiger partial charge in [-0.05, 0) is 13.8 Å². The number of aliphatic carboxylic acids is 2. The van der Waals surface area contributed by atoms with Crippen molar-refractivity contribution in [2.24, 2.45) is 0 Å². The molecule has 4 nitrogen and oxygen atoms in total. The van der Waals surface area contributed by atoms with Crippen LogP contribution in [0.15, 0.2) is 0 Å². The van der Waals surface area contributed by atoms with Crippen molar-refractivity contribution in [2.45, 2.75) is 24.6 Å². The van der Waals surface area contributed by atoms with Gasteiger partial charge in [0.25, 0.3) is 0 Å². The molecule has 12 heavy (non-hydrogen) atoms. The van der Waals surface area contributed by atoms with Gasteiger partial charge in [-0.1, -0.05) is 0 Å². The normalized spacial score (nSPS) is 13.7. The standard InChI is InChI=1S/2C3H5ClO2/c2*1-2(4)3(5)6/h2*2H,1H3,(H,5,6)/t2*2-/m00/s1. The molecule has 0 aromatic rings. The third-order valence-corrected chi connectivity index (χ3v) is 1.05. The molecule has 0 aromatic carbocycles. The first-order chi connectivity index (χ1) is 5.29. The summed E-state index contributed by atoms with van der Waals surface area (Å²) in [6.07, 6.45) is 0. The van der Waals surface area contributed by atoms with Crippen molar-refractivity contribution in [2.75, 3.05) is 0 Å². The molecule has 6 heteroatoms. The van der Waals surface area contributed by atoms with Crippen LogP contribution >= 0.6 is 23.2 Å². The highest BCUT2D eigenvalue weighted by molar-refractivity contribution is 6.29. The number of hydrogen-bond donors (Lipinski definition) is 2. The third kappa shape index (κ3) is 12.2. The van der Waals surface area contributed by atoms with Crippen LogP contribution in [0.5, 0.6) is 0 Å². The highest BCUT2D eigenvalue weighted by atomic mass is 35.5. The van der Waals surface area contributed by atoms with Gasteiger partial charge >= 0.3 is 11.9 Å². The van der Waals surface area contributed by atoms with E-state index < -0.39 is 22.7 Å². The van der Waals surface area contributed by atoms with Gasteiger partial charge in [-0.25, -0.2) is 0 Å². The van der Waals surface area contributed by atoms with Crippen LogP contribution in [-0.2, 0) is 9.59 Å². The van der Waals surface area contributed by atoms with E-state index in [4.69, 9.17) is 33.4 Å². The maximum absolute atomic E-state index is 9.57. The highest BCUT2D eigenvalue weighted by Crippen LogP contribution is 1.89. The molecule has 0 fully saturated rings. The Bertz CT molecular complexity index is 138. The zero-order chi connectivity index (χ0) is 10.3. The Hall–Kier alpha value is -0.480. The molecule has 0 spiro atoms. The van der Waals surface area contributed by atoms with Gasteiger partial charge in [0.1, 0.15) is 10.8 Å². The van der Waals surface area contributed by atoms with Gasteiger partial charge in [0.15, 0.2) is 0 Å². The Labute approximate surface area is 80.1 Å². The number of halogens is 2. The SMILES string of the molecule is C[C@H](Cl)C(=O)O.C[C@H](Cl)C(=O)O. The molecule has 0 rings (SSSR count). The fraction of sp³-hybridized carbons (Fsp3) is 0.667. The molecule has 0 aliphatic rings. The van der Waals surface area contributed by atoms with Gasteiger partial charge in [-0.15, -0.1) is 23.2 Å². The molecule has 0 saturated carbocycles. The maximum atomic E-state index is 9.57. The second-order valence-corrected chi connectivity index (χ2v) is 3.22. The number of hydrogen-bond acceptors (Lipinski definition) is 2. The van der Waals surface area contributed by atoms with E-state index in [1.807, 2.05) is 0 Å². The van der Waals surface area contributed by atoms with Crippen LogP contribution in [0.25, 0.3) is 0 Å². The van der Waals surface area contributed by atoms with Gasteiger partial charge in [0, 0.05) is 0 Å². The number of carboxylic acid groups (broad SMARTS) is 2. The number of carboxylic acids is 2. The molecule has 0 amide bonds. The van der Waals surface area contributed by atoms with E-state index in [2.05, 4.69) is 0 Å². The minimum atomic E-state index is -0.975.